The second-order valence-corrected chi connectivity index (χ2v) is 11.2. The van der Waals surface area contributed by atoms with E-state index in [0.29, 0.717) is 0 Å². The number of carbonyl (C=O) groups is 10. The SMILES string of the molecule is C=C(C)C(=O)O.C=C(C)C(=O)O.C=C(C)C(=O)O.C=C(C)C(=O)O.C=C(C)C(=O)O.C=C(C)C(=O)O.C=C(C)C(=O)O.C=C(C)C(=O)O.C=C(CO)C(=O)OC.C=C(CO)C(=O)OC. The van der Waals surface area contributed by atoms with Crippen LogP contribution in [0, 0.1) is 0 Å². The van der Waals surface area contributed by atoms with Crippen molar-refractivity contribution in [3.05, 3.63) is 122 Å². The van der Waals surface area contributed by atoms with Gasteiger partial charge in [-0.3, -0.25) is 0 Å². The summed E-state index contributed by atoms with van der Waals surface area (Å²) >= 11 is 0. The van der Waals surface area contributed by atoms with Gasteiger partial charge >= 0.3 is 59.7 Å². The molecule has 0 unspecified atom stereocenters. The summed E-state index contributed by atoms with van der Waals surface area (Å²) in [6, 6.07) is 0. The molecule has 0 saturated carbocycles. The predicted molar refractivity (Wildman–Crippen MR) is 236 cm³/mol. The lowest BCUT2D eigenvalue weighted by Gasteiger charge is -1.95. The molecule has 0 amide bonds. The van der Waals surface area contributed by atoms with Gasteiger partial charge < -0.3 is 60.5 Å². The lowest BCUT2D eigenvalue weighted by atomic mass is 10.3. The molecular weight excluding hydrogens is 856 g/mol. The van der Waals surface area contributed by atoms with Gasteiger partial charge in [0.25, 0.3) is 0 Å². The van der Waals surface area contributed by atoms with Crippen LogP contribution in [0.4, 0.5) is 0 Å². The number of esters is 2. The summed E-state index contributed by atoms with van der Waals surface area (Å²) in [6.07, 6.45) is 0. The fourth-order valence-corrected chi connectivity index (χ4v) is 0.418. The predicted octanol–water partition coefficient (Wildman–Crippen LogP) is 4.59. The smallest absolute Gasteiger partial charge is 0.335 e. The Morgan fingerprint density at radius 1 is 0.297 bits per heavy atom. The first-order valence-electron chi connectivity index (χ1n) is 16.4. The number of aliphatic hydroxyl groups is 2. The lowest BCUT2D eigenvalue weighted by Crippen LogP contribution is -2.06. The zero-order chi connectivity index (χ0) is 54.4. The Bertz CT molecular complexity index is 1260. The highest BCUT2D eigenvalue weighted by molar-refractivity contribution is 5.89. The quantitative estimate of drug-likeness (QED) is 0.0944. The number of methoxy groups -OCH3 is 2. The van der Waals surface area contributed by atoms with Crippen molar-refractivity contribution in [2.24, 2.45) is 0 Å². The van der Waals surface area contributed by atoms with Crippen molar-refractivity contribution in [3.8, 4) is 0 Å². The van der Waals surface area contributed by atoms with Gasteiger partial charge in [0.2, 0.25) is 0 Å². The number of rotatable bonds is 12. The molecule has 0 atom stereocenters. The zero-order valence-corrected chi connectivity index (χ0v) is 37.9. The van der Waals surface area contributed by atoms with Gasteiger partial charge in [0.1, 0.15) is 0 Å². The van der Waals surface area contributed by atoms with Gasteiger partial charge in [-0.2, -0.15) is 0 Å². The minimum absolute atomic E-state index is 0.0764. The molecule has 0 radical (unpaired) electrons. The second-order valence-electron chi connectivity index (χ2n) is 11.2. The molecular formula is C42H64O22. The molecule has 0 heterocycles. The maximum atomic E-state index is 10.3. The summed E-state index contributed by atoms with van der Waals surface area (Å²) in [4.78, 5) is 97.3. The van der Waals surface area contributed by atoms with E-state index in [4.69, 9.17) is 51.1 Å². The minimum Gasteiger partial charge on any atom is -0.478 e. The molecule has 22 heteroatoms. The number of aliphatic hydroxyl groups excluding tert-OH is 2. The van der Waals surface area contributed by atoms with E-state index < -0.39 is 59.7 Å². The van der Waals surface area contributed by atoms with Crippen LogP contribution < -0.4 is 0 Å². The van der Waals surface area contributed by atoms with Crippen LogP contribution in [0.2, 0.25) is 0 Å². The van der Waals surface area contributed by atoms with E-state index in [2.05, 4.69) is 75.3 Å². The Labute approximate surface area is 372 Å². The molecule has 0 fully saturated rings. The molecule has 0 spiro atoms. The number of ether oxygens (including phenoxy) is 2. The summed E-state index contributed by atoms with van der Waals surface area (Å²) in [5, 5.41) is 79.6. The van der Waals surface area contributed by atoms with Crippen molar-refractivity contribution >= 4 is 59.7 Å². The summed E-state index contributed by atoms with van der Waals surface area (Å²) in [6.45, 7) is 42.6. The van der Waals surface area contributed by atoms with Crippen LogP contribution in [0.15, 0.2) is 122 Å². The third kappa shape index (κ3) is 94.8. The van der Waals surface area contributed by atoms with Crippen molar-refractivity contribution < 1.29 is 108 Å². The Kier molecular flexibility index (Phi) is 64.0. The largest absolute Gasteiger partial charge is 0.478 e. The number of hydrogen-bond donors (Lipinski definition) is 10. The van der Waals surface area contributed by atoms with Crippen LogP contribution in [-0.2, 0) is 57.4 Å². The molecule has 0 saturated heterocycles. The van der Waals surface area contributed by atoms with Gasteiger partial charge in [0.15, 0.2) is 0 Å². The van der Waals surface area contributed by atoms with Gasteiger partial charge in [0, 0.05) is 44.6 Å². The average molecular weight is 921 g/mol. The fourth-order valence-electron chi connectivity index (χ4n) is 0.418. The van der Waals surface area contributed by atoms with Gasteiger partial charge in [-0.05, 0) is 55.4 Å². The van der Waals surface area contributed by atoms with Crippen LogP contribution in [0.25, 0.3) is 0 Å². The van der Waals surface area contributed by atoms with Crippen molar-refractivity contribution in [1.82, 2.24) is 0 Å². The number of carbonyl (C=O) groups excluding carboxylic acids is 2. The van der Waals surface area contributed by atoms with E-state index >= 15 is 0 Å². The van der Waals surface area contributed by atoms with Gasteiger partial charge in [-0.25, -0.2) is 47.9 Å². The maximum absolute atomic E-state index is 10.3. The minimum atomic E-state index is -0.935. The van der Waals surface area contributed by atoms with Gasteiger partial charge in [0.05, 0.1) is 38.6 Å². The topological polar surface area (TPSA) is 391 Å². The van der Waals surface area contributed by atoms with Crippen LogP contribution >= 0.6 is 0 Å². The van der Waals surface area contributed by atoms with E-state index in [-0.39, 0.29) is 68.9 Å². The first kappa shape index (κ1) is 80.1. The number of aliphatic carboxylic acids is 8. The summed E-state index contributed by atoms with van der Waals surface area (Å²) in [5.74, 6) is -8.61. The van der Waals surface area contributed by atoms with Crippen molar-refractivity contribution in [3.63, 3.8) is 0 Å². The second kappa shape index (κ2) is 51.2. The molecule has 0 aromatic carbocycles. The Morgan fingerprint density at radius 2 is 0.375 bits per heavy atom. The van der Waals surface area contributed by atoms with Crippen LogP contribution in [0.1, 0.15) is 55.4 Å². The summed E-state index contributed by atoms with van der Waals surface area (Å²) < 4.78 is 8.41. The molecule has 0 aromatic rings. The molecule has 0 rings (SSSR count). The van der Waals surface area contributed by atoms with E-state index in [0.717, 1.165) is 0 Å². The van der Waals surface area contributed by atoms with Crippen molar-refractivity contribution in [2.45, 2.75) is 55.4 Å². The van der Waals surface area contributed by atoms with Gasteiger partial charge in [-0.1, -0.05) is 65.8 Å². The monoisotopic (exact) mass is 920 g/mol. The molecule has 364 valence electrons. The number of hydrogen-bond acceptors (Lipinski definition) is 14. The Balaban J connectivity index is -0.0000000634. The van der Waals surface area contributed by atoms with E-state index in [1.165, 1.54) is 69.6 Å². The Hall–Kier alpha value is -7.98. The first-order valence-corrected chi connectivity index (χ1v) is 16.4. The maximum Gasteiger partial charge on any atom is 0.335 e. The van der Waals surface area contributed by atoms with E-state index in [1.54, 1.807) is 0 Å². The highest BCUT2D eigenvalue weighted by atomic mass is 16.5. The van der Waals surface area contributed by atoms with Crippen LogP contribution in [-0.4, -0.2) is 138 Å². The lowest BCUT2D eigenvalue weighted by molar-refractivity contribution is -0.137. The number of carboxylic acid groups (broad SMARTS) is 8. The highest BCUT2D eigenvalue weighted by Crippen LogP contribution is 1.90. The van der Waals surface area contributed by atoms with Crippen LogP contribution in [0.3, 0.4) is 0 Å². The molecule has 64 heavy (non-hydrogen) atoms. The molecule has 0 aliphatic rings. The molecule has 22 nitrogen and oxygen atoms in total. The standard InChI is InChI=1S/2C5H8O3.8C4H6O2/c2*1-4(3-6)5(7)8-2;8*1-3(2)4(5)6/h2*6H,1,3H2,2H3;8*1H2,2H3,(H,5,6). The normalized spacial score (nSPS) is 7.69. The molecule has 10 N–H and O–H groups in total. The first-order chi connectivity index (χ1) is 28.6. The van der Waals surface area contributed by atoms with Crippen molar-refractivity contribution in [2.75, 3.05) is 27.4 Å². The Morgan fingerprint density at radius 3 is 0.391 bits per heavy atom. The number of carboxylic acids is 8. The molecule has 0 aromatic heterocycles. The summed E-state index contributed by atoms with van der Waals surface area (Å²) in [5.41, 5.74) is 1.56. The fraction of sp³-hybridized carbons (Fsp3) is 0.286. The van der Waals surface area contributed by atoms with E-state index in [1.807, 2.05) is 0 Å². The highest BCUT2D eigenvalue weighted by Gasteiger charge is 2.03. The van der Waals surface area contributed by atoms with Crippen LogP contribution in [0.5, 0.6) is 0 Å². The average Bonchev–Trinajstić information content (AvgIpc) is 3.18. The van der Waals surface area contributed by atoms with E-state index in [9.17, 15) is 47.9 Å². The van der Waals surface area contributed by atoms with Gasteiger partial charge in [-0.15, -0.1) is 0 Å². The molecule has 0 aliphatic heterocycles. The molecule has 0 bridgehead atoms. The molecule has 0 aliphatic carbocycles. The van der Waals surface area contributed by atoms with Crippen molar-refractivity contribution in [1.29, 1.82) is 0 Å². The zero-order valence-electron chi connectivity index (χ0n) is 37.9. The third-order valence-electron chi connectivity index (χ3n) is 4.25. The third-order valence-corrected chi connectivity index (χ3v) is 4.25. The summed E-state index contributed by atoms with van der Waals surface area (Å²) in [7, 11) is 2.48.